The molecular weight excluding hydrogens is 395 g/mol. The van der Waals surface area contributed by atoms with Crippen molar-refractivity contribution in [1.82, 2.24) is 0 Å². The predicted octanol–water partition coefficient (Wildman–Crippen LogP) is 1.91. The van der Waals surface area contributed by atoms with Gasteiger partial charge in [-0.25, -0.2) is 4.79 Å². The molecule has 8 nitrogen and oxygen atoms in total. The van der Waals surface area contributed by atoms with E-state index in [-0.39, 0.29) is 46.9 Å². The van der Waals surface area contributed by atoms with Crippen LogP contribution >= 0.6 is 0 Å². The van der Waals surface area contributed by atoms with E-state index in [1.54, 1.807) is 0 Å². The van der Waals surface area contributed by atoms with Gasteiger partial charge in [0, 0.05) is 34.9 Å². The molecule has 0 aliphatic heterocycles. The second-order valence-corrected chi connectivity index (χ2v) is 8.18. The number of carbonyl (C=O) groups is 1. The summed E-state index contributed by atoms with van der Waals surface area (Å²) in [5.41, 5.74) is -0.703. The maximum absolute atomic E-state index is 12.4. The summed E-state index contributed by atoms with van der Waals surface area (Å²) >= 11 is 0. The molecular formula is C15H16NaO8S2. The summed E-state index contributed by atoms with van der Waals surface area (Å²) in [6.45, 7) is 1.73. The Hall–Kier alpha value is -1.01. The Balaban J connectivity index is 0.00000338. The van der Waals surface area contributed by atoms with Crippen LogP contribution in [0.25, 0.3) is 10.8 Å². The molecule has 0 saturated carbocycles. The number of unbranched alkanes of at least 4 members (excludes halogenated alkanes) is 1. The van der Waals surface area contributed by atoms with E-state index in [0.717, 1.165) is 0 Å². The van der Waals surface area contributed by atoms with Gasteiger partial charge in [0.2, 0.25) is 0 Å². The molecule has 0 fully saturated rings. The topological polar surface area (TPSA) is 135 Å². The first-order valence-electron chi connectivity index (χ1n) is 7.25. The molecule has 0 spiro atoms. The molecule has 0 aromatic heterocycles. The van der Waals surface area contributed by atoms with Crippen LogP contribution in [-0.4, -0.2) is 68.6 Å². The van der Waals surface area contributed by atoms with Crippen molar-refractivity contribution in [2.75, 3.05) is 6.61 Å². The Kier molecular flexibility index (Phi) is 7.78. The van der Waals surface area contributed by atoms with Crippen LogP contribution in [0.3, 0.4) is 0 Å². The zero-order valence-corrected chi connectivity index (χ0v) is 17.8. The molecule has 11 heteroatoms. The molecule has 1 radical (unpaired) electrons. The normalized spacial score (nSPS) is 11.9. The maximum Gasteiger partial charge on any atom is 0.337 e. The fourth-order valence-corrected chi connectivity index (χ4v) is 4.30. The Morgan fingerprint density at radius 1 is 1.08 bits per heavy atom. The van der Waals surface area contributed by atoms with E-state index in [1.165, 1.54) is 24.3 Å². The molecule has 0 bridgehead atoms. The molecule has 0 saturated heterocycles. The standard InChI is InChI=1S/C15H16O8S2.Na/c1-2-3-8-23-25(21,22)12-9-13(24(18,19)20)14(15(16)17)11-7-5-4-6-10(11)12;/h4-7,9H,2-3,8H2,1H3,(H,16,17)(H,18,19,20);. The minimum Gasteiger partial charge on any atom is -0.478 e. The number of aromatic carboxylic acids is 1. The van der Waals surface area contributed by atoms with Crippen LogP contribution in [0.1, 0.15) is 30.1 Å². The average Bonchev–Trinajstić information content (AvgIpc) is 2.52. The van der Waals surface area contributed by atoms with Crippen molar-refractivity contribution in [3.63, 3.8) is 0 Å². The molecule has 0 heterocycles. The van der Waals surface area contributed by atoms with Gasteiger partial charge < -0.3 is 5.11 Å². The van der Waals surface area contributed by atoms with Crippen molar-refractivity contribution >= 4 is 66.5 Å². The third-order valence-corrected chi connectivity index (χ3v) is 5.70. The van der Waals surface area contributed by atoms with E-state index < -0.39 is 41.6 Å². The molecule has 0 aliphatic rings. The number of fused-ring (bicyclic) bond motifs is 1. The Labute approximate surface area is 173 Å². The first kappa shape index (κ1) is 23.0. The Morgan fingerprint density at radius 3 is 2.15 bits per heavy atom. The summed E-state index contributed by atoms with van der Waals surface area (Å²) in [4.78, 5) is 9.98. The van der Waals surface area contributed by atoms with Crippen molar-refractivity contribution in [2.45, 2.75) is 29.6 Å². The van der Waals surface area contributed by atoms with Crippen LogP contribution in [-0.2, 0) is 24.4 Å². The largest absolute Gasteiger partial charge is 0.478 e. The molecule has 0 aliphatic carbocycles. The quantitative estimate of drug-likeness (QED) is 0.305. The molecule has 0 unspecified atom stereocenters. The van der Waals surface area contributed by atoms with Gasteiger partial charge in [0.05, 0.1) is 12.2 Å². The number of rotatable bonds is 7. The van der Waals surface area contributed by atoms with Crippen LogP contribution in [0, 0.1) is 0 Å². The van der Waals surface area contributed by atoms with Gasteiger partial charge in [-0.2, -0.15) is 16.8 Å². The van der Waals surface area contributed by atoms with Gasteiger partial charge in [-0.3, -0.25) is 8.74 Å². The second-order valence-electron chi connectivity index (χ2n) is 5.20. The molecule has 2 aromatic rings. The van der Waals surface area contributed by atoms with Crippen molar-refractivity contribution in [1.29, 1.82) is 0 Å². The molecule has 0 atom stereocenters. The van der Waals surface area contributed by atoms with Gasteiger partial charge in [0.15, 0.2) is 0 Å². The Bertz CT molecular complexity index is 1030. The van der Waals surface area contributed by atoms with Gasteiger partial charge >= 0.3 is 5.97 Å². The minimum atomic E-state index is -4.98. The second kappa shape index (κ2) is 8.79. The molecule has 2 rings (SSSR count). The van der Waals surface area contributed by atoms with E-state index in [4.69, 9.17) is 4.18 Å². The van der Waals surface area contributed by atoms with Crippen molar-refractivity contribution in [3.8, 4) is 0 Å². The molecule has 0 amide bonds. The predicted molar refractivity (Wildman–Crippen MR) is 94.5 cm³/mol. The van der Waals surface area contributed by atoms with E-state index in [1.807, 2.05) is 6.92 Å². The monoisotopic (exact) mass is 411 g/mol. The van der Waals surface area contributed by atoms with Crippen LogP contribution in [0.5, 0.6) is 0 Å². The fraction of sp³-hybridized carbons (Fsp3) is 0.267. The fourth-order valence-electron chi connectivity index (χ4n) is 2.33. The first-order valence-corrected chi connectivity index (χ1v) is 10.1. The SMILES string of the molecule is CCCCOS(=O)(=O)c1cc(S(=O)(=O)O)c(C(=O)O)c2ccccc12.[Na]. The summed E-state index contributed by atoms with van der Waals surface area (Å²) in [6.07, 6.45) is 1.15. The van der Waals surface area contributed by atoms with E-state index >= 15 is 0 Å². The third-order valence-electron chi connectivity index (χ3n) is 3.47. The van der Waals surface area contributed by atoms with Gasteiger partial charge in [0.1, 0.15) is 9.79 Å². The van der Waals surface area contributed by atoms with Crippen LogP contribution < -0.4 is 0 Å². The smallest absolute Gasteiger partial charge is 0.337 e. The number of carboxylic acid groups (broad SMARTS) is 1. The van der Waals surface area contributed by atoms with Gasteiger partial charge in [0.25, 0.3) is 20.2 Å². The van der Waals surface area contributed by atoms with Crippen LogP contribution in [0.15, 0.2) is 40.1 Å². The minimum absolute atomic E-state index is 0. The maximum atomic E-state index is 12.4. The third kappa shape index (κ3) is 4.83. The van der Waals surface area contributed by atoms with E-state index in [9.17, 15) is 31.3 Å². The molecule has 2 aromatic carbocycles. The summed E-state index contributed by atoms with van der Waals surface area (Å²) in [6, 6.07) is 6.12. The summed E-state index contributed by atoms with van der Waals surface area (Å²) in [7, 11) is -9.33. The number of benzene rings is 2. The average molecular weight is 411 g/mol. The first-order chi connectivity index (χ1) is 11.6. The van der Waals surface area contributed by atoms with Crippen molar-refractivity contribution in [2.24, 2.45) is 0 Å². The Morgan fingerprint density at radius 2 is 1.65 bits per heavy atom. The molecule has 26 heavy (non-hydrogen) atoms. The number of carboxylic acids is 1. The van der Waals surface area contributed by atoms with Crippen LogP contribution in [0.2, 0.25) is 0 Å². The summed E-state index contributed by atoms with van der Waals surface area (Å²) in [5, 5.41) is 9.19. The summed E-state index contributed by atoms with van der Waals surface area (Å²) in [5.74, 6) is -1.61. The molecule has 2 N–H and O–H groups in total. The van der Waals surface area contributed by atoms with E-state index in [0.29, 0.717) is 18.9 Å². The van der Waals surface area contributed by atoms with Crippen LogP contribution in [0.4, 0.5) is 0 Å². The number of hydrogen-bond acceptors (Lipinski definition) is 6. The van der Waals surface area contributed by atoms with Gasteiger partial charge in [-0.1, -0.05) is 37.6 Å². The number of hydrogen-bond donors (Lipinski definition) is 2. The van der Waals surface area contributed by atoms with Crippen molar-refractivity contribution in [3.05, 3.63) is 35.9 Å². The summed E-state index contributed by atoms with van der Waals surface area (Å²) < 4.78 is 62.3. The van der Waals surface area contributed by atoms with E-state index in [2.05, 4.69) is 0 Å². The zero-order valence-electron chi connectivity index (χ0n) is 14.2. The van der Waals surface area contributed by atoms with Gasteiger partial charge in [-0.15, -0.1) is 0 Å². The molecule has 137 valence electrons. The van der Waals surface area contributed by atoms with Gasteiger partial charge in [-0.05, 0) is 17.9 Å². The zero-order chi connectivity index (χ0) is 18.8. The van der Waals surface area contributed by atoms with Crippen molar-refractivity contribution < 1.29 is 35.5 Å².